The Bertz CT molecular complexity index is 510. The molecule has 1 aromatic rings. The van der Waals surface area contributed by atoms with Crippen LogP contribution in [-0.2, 0) is 12.8 Å². The van der Waals surface area contributed by atoms with Gasteiger partial charge in [-0.2, -0.15) is 13.2 Å². The van der Waals surface area contributed by atoms with Crippen LogP contribution in [0.1, 0.15) is 17.5 Å². The summed E-state index contributed by atoms with van der Waals surface area (Å²) in [6, 6.07) is 8.71. The Kier molecular flexibility index (Phi) is 4.94. The molecule has 3 rings (SSSR count). The minimum Gasteiger partial charge on any atom is -0.390 e. The first kappa shape index (κ1) is 16.7. The molecule has 0 bridgehead atoms. The van der Waals surface area contributed by atoms with Crippen LogP contribution in [-0.4, -0.2) is 66.0 Å². The van der Waals surface area contributed by atoms with Gasteiger partial charge in [-0.05, 0) is 24.0 Å². The van der Waals surface area contributed by atoms with Crippen LogP contribution in [0.25, 0.3) is 0 Å². The molecule has 0 radical (unpaired) electrons. The Balaban J connectivity index is 1.57. The topological polar surface area (TPSA) is 26.7 Å². The molecule has 0 amide bonds. The highest BCUT2D eigenvalue weighted by Gasteiger charge is 2.32. The van der Waals surface area contributed by atoms with E-state index in [1.54, 1.807) is 4.90 Å². The molecule has 1 aliphatic carbocycles. The molecule has 0 aromatic heterocycles. The molecule has 1 N–H and O–H groups in total. The van der Waals surface area contributed by atoms with E-state index in [1.807, 2.05) is 12.1 Å². The Morgan fingerprint density at radius 3 is 2.30 bits per heavy atom. The molecule has 23 heavy (non-hydrogen) atoms. The van der Waals surface area contributed by atoms with Gasteiger partial charge in [0.2, 0.25) is 0 Å². The average Bonchev–Trinajstić information content (AvgIpc) is 2.82. The van der Waals surface area contributed by atoms with Crippen molar-refractivity contribution in [2.75, 3.05) is 32.7 Å². The molecule has 0 saturated carbocycles. The van der Waals surface area contributed by atoms with E-state index in [-0.39, 0.29) is 6.54 Å². The molecule has 3 nitrogen and oxygen atoms in total. The zero-order valence-corrected chi connectivity index (χ0v) is 13.1. The van der Waals surface area contributed by atoms with Crippen molar-refractivity contribution >= 4 is 0 Å². The molecule has 1 atom stereocenters. The van der Waals surface area contributed by atoms with Gasteiger partial charge in [0.05, 0.1) is 12.5 Å². The largest absolute Gasteiger partial charge is 0.390 e. The number of aliphatic hydroxyl groups is 1. The van der Waals surface area contributed by atoms with Crippen molar-refractivity contribution in [3.63, 3.8) is 0 Å². The number of fused-ring (bicyclic) bond motifs is 1. The van der Waals surface area contributed by atoms with Gasteiger partial charge in [-0.3, -0.25) is 9.80 Å². The van der Waals surface area contributed by atoms with Crippen LogP contribution < -0.4 is 0 Å². The smallest absolute Gasteiger partial charge is 0.390 e. The van der Waals surface area contributed by atoms with Crippen LogP contribution in [0, 0.1) is 0 Å². The summed E-state index contributed by atoms with van der Waals surface area (Å²) in [7, 11) is 0. The van der Waals surface area contributed by atoms with Crippen molar-refractivity contribution in [2.45, 2.75) is 37.6 Å². The summed E-state index contributed by atoms with van der Waals surface area (Å²) >= 11 is 0. The lowest BCUT2D eigenvalue weighted by atomic mass is 10.1. The second-order valence-electron chi connectivity index (χ2n) is 6.65. The summed E-state index contributed by atoms with van der Waals surface area (Å²) in [6.45, 7) is 2.14. The quantitative estimate of drug-likeness (QED) is 0.920. The van der Waals surface area contributed by atoms with Gasteiger partial charge >= 0.3 is 6.18 Å². The molecular weight excluding hydrogens is 305 g/mol. The second kappa shape index (κ2) is 6.79. The van der Waals surface area contributed by atoms with E-state index in [9.17, 15) is 18.3 Å². The molecule has 1 heterocycles. The lowest BCUT2D eigenvalue weighted by Crippen LogP contribution is -2.41. The summed E-state index contributed by atoms with van der Waals surface area (Å²) in [5, 5.41) is 10.2. The van der Waals surface area contributed by atoms with Gasteiger partial charge in [-0.15, -0.1) is 0 Å². The zero-order valence-electron chi connectivity index (χ0n) is 13.1. The maximum atomic E-state index is 12.4. The number of aliphatic hydroxyl groups excluding tert-OH is 1. The van der Waals surface area contributed by atoms with Gasteiger partial charge in [0.15, 0.2) is 0 Å². The summed E-state index contributed by atoms with van der Waals surface area (Å²) in [6.07, 6.45) is -3.61. The lowest BCUT2D eigenvalue weighted by molar-refractivity contribution is -0.138. The van der Waals surface area contributed by atoms with E-state index in [2.05, 4.69) is 17.0 Å². The molecule has 6 heteroatoms. The minimum absolute atomic E-state index is 0.0285. The number of nitrogens with zero attached hydrogens (tertiary/aromatic N) is 2. The molecule has 0 spiro atoms. The van der Waals surface area contributed by atoms with Gasteiger partial charge in [0.25, 0.3) is 0 Å². The highest BCUT2D eigenvalue weighted by Crippen LogP contribution is 2.26. The Hall–Kier alpha value is -1.11. The van der Waals surface area contributed by atoms with Crippen LogP contribution in [0.3, 0.4) is 0 Å². The molecule has 1 saturated heterocycles. The highest BCUT2D eigenvalue weighted by molar-refractivity contribution is 5.33. The Labute approximate surface area is 134 Å². The molecule has 2 aliphatic rings. The van der Waals surface area contributed by atoms with Crippen molar-refractivity contribution < 1.29 is 18.3 Å². The van der Waals surface area contributed by atoms with Gasteiger partial charge in [-0.25, -0.2) is 0 Å². The third-order valence-corrected chi connectivity index (χ3v) is 4.88. The fraction of sp³-hybridized carbons (Fsp3) is 0.647. The van der Waals surface area contributed by atoms with Crippen molar-refractivity contribution in [1.29, 1.82) is 0 Å². The van der Waals surface area contributed by atoms with E-state index in [0.29, 0.717) is 32.2 Å². The minimum atomic E-state index is -4.13. The van der Waals surface area contributed by atoms with Gasteiger partial charge in [0, 0.05) is 38.8 Å². The Morgan fingerprint density at radius 1 is 1.04 bits per heavy atom. The SMILES string of the molecule is O[C@H]1CN(CCC(F)(F)F)CCN(C2Cc3ccccc3C2)C1. The first-order chi connectivity index (χ1) is 10.9. The van der Waals surface area contributed by atoms with E-state index in [0.717, 1.165) is 12.8 Å². The normalized spacial score (nSPS) is 24.6. The summed E-state index contributed by atoms with van der Waals surface area (Å²) in [5.41, 5.74) is 2.70. The van der Waals surface area contributed by atoms with Gasteiger partial charge < -0.3 is 5.11 Å². The van der Waals surface area contributed by atoms with E-state index < -0.39 is 18.7 Å². The van der Waals surface area contributed by atoms with Crippen LogP contribution in [0.5, 0.6) is 0 Å². The summed E-state index contributed by atoms with van der Waals surface area (Å²) < 4.78 is 37.2. The maximum absolute atomic E-state index is 12.4. The van der Waals surface area contributed by atoms with Gasteiger partial charge in [-0.1, -0.05) is 24.3 Å². The Morgan fingerprint density at radius 2 is 1.70 bits per heavy atom. The fourth-order valence-electron chi connectivity index (χ4n) is 3.69. The van der Waals surface area contributed by atoms with E-state index >= 15 is 0 Å². The van der Waals surface area contributed by atoms with Crippen molar-refractivity contribution in [3.05, 3.63) is 35.4 Å². The number of benzene rings is 1. The zero-order chi connectivity index (χ0) is 16.4. The highest BCUT2D eigenvalue weighted by atomic mass is 19.4. The van der Waals surface area contributed by atoms with Crippen LogP contribution in [0.15, 0.2) is 24.3 Å². The maximum Gasteiger partial charge on any atom is 0.390 e. The van der Waals surface area contributed by atoms with Crippen LogP contribution in [0.4, 0.5) is 13.2 Å². The first-order valence-electron chi connectivity index (χ1n) is 8.19. The summed E-state index contributed by atoms with van der Waals surface area (Å²) in [4.78, 5) is 3.98. The molecule has 128 valence electrons. The van der Waals surface area contributed by atoms with Crippen molar-refractivity contribution in [2.24, 2.45) is 0 Å². The third-order valence-electron chi connectivity index (χ3n) is 4.88. The number of halogens is 3. The number of hydrogen-bond acceptors (Lipinski definition) is 3. The number of hydrogen-bond donors (Lipinski definition) is 1. The molecule has 1 aromatic carbocycles. The first-order valence-corrected chi connectivity index (χ1v) is 8.19. The predicted molar refractivity (Wildman–Crippen MR) is 82.3 cm³/mol. The van der Waals surface area contributed by atoms with Crippen molar-refractivity contribution in [1.82, 2.24) is 9.80 Å². The second-order valence-corrected chi connectivity index (χ2v) is 6.65. The van der Waals surface area contributed by atoms with E-state index in [1.165, 1.54) is 11.1 Å². The third kappa shape index (κ3) is 4.46. The number of β-amino-alcohol motifs (C(OH)–C–C–N with tert-alkyl or cyclic N) is 1. The summed E-state index contributed by atoms with van der Waals surface area (Å²) in [5.74, 6) is 0. The predicted octanol–water partition coefficient (Wildman–Crippen LogP) is 2.08. The standard InChI is InChI=1S/C17H23F3N2O/c18-17(19,20)5-6-21-7-8-22(12-16(23)11-21)15-9-13-3-1-2-4-14(13)10-15/h1-4,15-16,23H,5-12H2/t16-/m0/s1. The lowest BCUT2D eigenvalue weighted by Gasteiger charge is -2.28. The van der Waals surface area contributed by atoms with E-state index in [4.69, 9.17) is 0 Å². The molecular formula is C17H23F3N2O. The molecule has 1 aliphatic heterocycles. The van der Waals surface area contributed by atoms with Crippen LogP contribution >= 0.6 is 0 Å². The monoisotopic (exact) mass is 328 g/mol. The molecule has 1 fully saturated rings. The number of alkyl halides is 3. The van der Waals surface area contributed by atoms with Crippen LogP contribution in [0.2, 0.25) is 0 Å². The van der Waals surface area contributed by atoms with Gasteiger partial charge in [0.1, 0.15) is 0 Å². The number of rotatable bonds is 3. The molecule has 0 unspecified atom stereocenters. The fourth-order valence-corrected chi connectivity index (χ4v) is 3.69. The average molecular weight is 328 g/mol. The van der Waals surface area contributed by atoms with Crippen molar-refractivity contribution in [3.8, 4) is 0 Å².